The number of hydrogen-bond donors (Lipinski definition) is 0. The number of nitriles is 1. The Kier molecular flexibility index (Phi) is 4.65. The average Bonchev–Trinajstić information content (AvgIpc) is 2.58. The zero-order valence-corrected chi connectivity index (χ0v) is 13.5. The summed E-state index contributed by atoms with van der Waals surface area (Å²) >= 11 is 0. The van der Waals surface area contributed by atoms with E-state index in [0.29, 0.717) is 12.2 Å². The van der Waals surface area contributed by atoms with Crippen molar-refractivity contribution in [2.24, 2.45) is 0 Å². The molecule has 1 unspecified atom stereocenters. The fourth-order valence-electron chi connectivity index (χ4n) is 2.86. The first-order valence-corrected chi connectivity index (χ1v) is 7.79. The van der Waals surface area contributed by atoms with Gasteiger partial charge in [-0.2, -0.15) is 5.26 Å². The van der Waals surface area contributed by atoms with Gasteiger partial charge in [0, 0.05) is 37.1 Å². The molecule has 0 aliphatic carbocycles. The van der Waals surface area contributed by atoms with Gasteiger partial charge < -0.3 is 4.74 Å². The maximum atomic E-state index is 9.05. The third-order valence-corrected chi connectivity index (χ3v) is 4.13. The predicted molar refractivity (Wildman–Crippen MR) is 86.6 cm³/mol. The molecule has 1 atom stereocenters. The Morgan fingerprint density at radius 3 is 3.04 bits per heavy atom. The van der Waals surface area contributed by atoms with E-state index in [9.17, 15) is 0 Å². The highest BCUT2D eigenvalue weighted by Crippen LogP contribution is 2.24. The molecule has 1 fully saturated rings. The van der Waals surface area contributed by atoms with E-state index in [1.54, 1.807) is 0 Å². The molecule has 1 saturated heterocycles. The highest BCUT2D eigenvalue weighted by Gasteiger charge is 2.22. The highest BCUT2D eigenvalue weighted by atomic mass is 16.5. The highest BCUT2D eigenvalue weighted by molar-refractivity contribution is 5.34. The van der Waals surface area contributed by atoms with E-state index in [2.05, 4.69) is 20.9 Å². The lowest BCUT2D eigenvalue weighted by atomic mass is 10.0. The van der Waals surface area contributed by atoms with Crippen molar-refractivity contribution in [3.63, 3.8) is 0 Å². The lowest BCUT2D eigenvalue weighted by Gasteiger charge is -2.33. The third-order valence-electron chi connectivity index (χ3n) is 4.13. The molecule has 1 aromatic heterocycles. The predicted octanol–water partition coefficient (Wildman–Crippen LogP) is 2.54. The quantitative estimate of drug-likeness (QED) is 0.872. The summed E-state index contributed by atoms with van der Waals surface area (Å²) in [6.45, 7) is 7.14. The van der Waals surface area contributed by atoms with Crippen molar-refractivity contribution in [3.8, 4) is 6.07 Å². The summed E-state index contributed by atoms with van der Waals surface area (Å²) in [5, 5.41) is 9.05. The molecule has 0 N–H and O–H groups in total. The number of morpholine rings is 1. The van der Waals surface area contributed by atoms with Gasteiger partial charge in [0.25, 0.3) is 0 Å². The van der Waals surface area contributed by atoms with Crippen molar-refractivity contribution in [2.75, 3.05) is 19.7 Å². The third kappa shape index (κ3) is 3.73. The van der Waals surface area contributed by atoms with Crippen LogP contribution in [0.15, 0.2) is 30.5 Å². The van der Waals surface area contributed by atoms with Crippen molar-refractivity contribution in [2.45, 2.75) is 26.5 Å². The second kappa shape index (κ2) is 6.86. The molecule has 23 heavy (non-hydrogen) atoms. The van der Waals surface area contributed by atoms with Gasteiger partial charge >= 0.3 is 0 Å². The molecule has 2 heterocycles. The average molecular weight is 308 g/mol. The van der Waals surface area contributed by atoms with E-state index < -0.39 is 0 Å². The molecule has 1 aliphatic heterocycles. The number of rotatable bonds is 3. The molecule has 2 aromatic rings. The van der Waals surface area contributed by atoms with Gasteiger partial charge in [0.05, 0.1) is 24.3 Å². The van der Waals surface area contributed by atoms with E-state index in [1.807, 2.05) is 44.3 Å². The number of aryl methyl sites for hydroxylation is 2. The van der Waals surface area contributed by atoms with Crippen LogP contribution in [-0.4, -0.2) is 34.6 Å². The van der Waals surface area contributed by atoms with Crippen LogP contribution in [0.1, 0.15) is 34.3 Å². The van der Waals surface area contributed by atoms with Crippen LogP contribution in [0.25, 0.3) is 0 Å². The zero-order valence-electron chi connectivity index (χ0n) is 13.5. The largest absolute Gasteiger partial charge is 0.371 e. The number of ether oxygens (including phenoxy) is 1. The van der Waals surface area contributed by atoms with Gasteiger partial charge in [0.1, 0.15) is 5.82 Å². The summed E-state index contributed by atoms with van der Waals surface area (Å²) in [5.74, 6) is 0.805. The van der Waals surface area contributed by atoms with Crippen LogP contribution in [-0.2, 0) is 11.3 Å². The van der Waals surface area contributed by atoms with Gasteiger partial charge in [0.15, 0.2) is 0 Å². The molecular weight excluding hydrogens is 288 g/mol. The van der Waals surface area contributed by atoms with Gasteiger partial charge in [-0.15, -0.1) is 0 Å². The van der Waals surface area contributed by atoms with E-state index >= 15 is 0 Å². The van der Waals surface area contributed by atoms with Crippen molar-refractivity contribution in [1.82, 2.24) is 14.9 Å². The smallest absolute Gasteiger partial charge is 0.125 e. The molecule has 3 rings (SSSR count). The summed E-state index contributed by atoms with van der Waals surface area (Å²) in [6, 6.07) is 9.85. The van der Waals surface area contributed by atoms with Crippen molar-refractivity contribution < 1.29 is 4.74 Å². The second-order valence-corrected chi connectivity index (χ2v) is 5.86. The number of benzene rings is 1. The minimum atomic E-state index is 0.00345. The fourth-order valence-corrected chi connectivity index (χ4v) is 2.86. The van der Waals surface area contributed by atoms with Gasteiger partial charge in [-0.3, -0.25) is 4.90 Å². The molecule has 1 aliphatic rings. The Morgan fingerprint density at radius 1 is 1.39 bits per heavy atom. The lowest BCUT2D eigenvalue weighted by Crippen LogP contribution is -2.38. The van der Waals surface area contributed by atoms with Crippen molar-refractivity contribution >= 4 is 0 Å². The first kappa shape index (κ1) is 15.6. The van der Waals surface area contributed by atoms with Crippen LogP contribution in [0.4, 0.5) is 0 Å². The summed E-state index contributed by atoms with van der Waals surface area (Å²) in [7, 11) is 0. The first-order valence-electron chi connectivity index (χ1n) is 7.79. The molecule has 0 amide bonds. The Bertz CT molecular complexity index is 738. The fraction of sp³-hybridized carbons (Fsp3) is 0.389. The van der Waals surface area contributed by atoms with Crippen molar-refractivity contribution in [3.05, 3.63) is 58.7 Å². The molecule has 5 heteroatoms. The summed E-state index contributed by atoms with van der Waals surface area (Å²) in [6.07, 6.45) is 1.92. The lowest BCUT2D eigenvalue weighted by molar-refractivity contribution is -0.0330. The minimum Gasteiger partial charge on any atom is -0.371 e. The van der Waals surface area contributed by atoms with Crippen LogP contribution >= 0.6 is 0 Å². The molecule has 0 bridgehead atoms. The normalized spacial score (nSPS) is 18.6. The molecule has 1 aromatic carbocycles. The van der Waals surface area contributed by atoms with E-state index in [1.165, 1.54) is 0 Å². The monoisotopic (exact) mass is 308 g/mol. The SMILES string of the molecule is Cc1ncc(CN2CCOC(c3cccc(C#N)c3)C2)c(C)n1. The van der Waals surface area contributed by atoms with Crippen molar-refractivity contribution in [1.29, 1.82) is 5.26 Å². The standard InChI is InChI=1S/C18H20N4O/c1-13-17(10-20-14(2)21-13)11-22-6-7-23-18(12-22)16-5-3-4-15(8-16)9-19/h3-5,8,10,18H,6-7,11-12H2,1-2H3. The molecule has 0 spiro atoms. The molecular formula is C18H20N4O. The maximum Gasteiger partial charge on any atom is 0.125 e. The second-order valence-electron chi connectivity index (χ2n) is 5.86. The summed E-state index contributed by atoms with van der Waals surface area (Å²) < 4.78 is 5.90. The first-order chi connectivity index (χ1) is 11.2. The summed E-state index contributed by atoms with van der Waals surface area (Å²) in [4.78, 5) is 11.1. The van der Waals surface area contributed by atoms with Gasteiger partial charge in [-0.05, 0) is 31.5 Å². The summed E-state index contributed by atoms with van der Waals surface area (Å²) in [5.41, 5.74) is 3.92. The molecule has 5 nitrogen and oxygen atoms in total. The topological polar surface area (TPSA) is 62.0 Å². The van der Waals surface area contributed by atoms with Gasteiger partial charge in [-0.25, -0.2) is 9.97 Å². The van der Waals surface area contributed by atoms with E-state index in [0.717, 1.165) is 42.3 Å². The van der Waals surface area contributed by atoms with E-state index in [4.69, 9.17) is 10.00 Å². The molecule has 118 valence electrons. The van der Waals surface area contributed by atoms with E-state index in [-0.39, 0.29) is 6.10 Å². The van der Waals surface area contributed by atoms with Crippen LogP contribution < -0.4 is 0 Å². The molecule has 0 radical (unpaired) electrons. The maximum absolute atomic E-state index is 9.05. The number of nitrogens with zero attached hydrogens (tertiary/aromatic N) is 4. The van der Waals surface area contributed by atoms with Crippen LogP contribution in [0.5, 0.6) is 0 Å². The zero-order chi connectivity index (χ0) is 16.2. The molecule has 0 saturated carbocycles. The number of aromatic nitrogens is 2. The Labute approximate surface area is 136 Å². The van der Waals surface area contributed by atoms with Gasteiger partial charge in [0.2, 0.25) is 0 Å². The Hall–Kier alpha value is -2.29. The Morgan fingerprint density at radius 2 is 2.26 bits per heavy atom. The van der Waals surface area contributed by atoms with Gasteiger partial charge in [-0.1, -0.05) is 12.1 Å². The minimum absolute atomic E-state index is 0.00345. The number of hydrogen-bond acceptors (Lipinski definition) is 5. The Balaban J connectivity index is 1.72. The van der Waals surface area contributed by atoms with Crippen LogP contribution in [0.2, 0.25) is 0 Å². The van der Waals surface area contributed by atoms with Crippen LogP contribution in [0, 0.1) is 25.2 Å². The van der Waals surface area contributed by atoms with Crippen LogP contribution in [0.3, 0.4) is 0 Å².